The minimum Gasteiger partial charge on any atom is -0.326 e. The summed E-state index contributed by atoms with van der Waals surface area (Å²) in [5.41, 5.74) is 5.26. The van der Waals surface area contributed by atoms with Crippen LogP contribution in [0.2, 0.25) is 0 Å². The smallest absolute Gasteiger partial charge is 0.0410 e. The molecule has 0 saturated heterocycles. The van der Waals surface area contributed by atoms with Crippen LogP contribution in [0.25, 0.3) is 0 Å². The Morgan fingerprint density at radius 2 is 2.50 bits per heavy atom. The maximum absolute atomic E-state index is 5.26. The summed E-state index contributed by atoms with van der Waals surface area (Å²) < 4.78 is 3.85. The number of halogens is 1. The van der Waals surface area contributed by atoms with Gasteiger partial charge in [0, 0.05) is 17.6 Å². The molecule has 1 rings (SSSR count). The molecule has 1 aromatic heterocycles. The van der Waals surface area contributed by atoms with Crippen LogP contribution in [0.1, 0.15) is 4.88 Å². The van der Waals surface area contributed by atoms with E-state index in [9.17, 15) is 0 Å². The molecule has 1 aromatic rings. The number of hydrogen-bond acceptors (Lipinski definition) is 3. The summed E-state index contributed by atoms with van der Waals surface area (Å²) in [7, 11) is 0. The third-order valence-electron chi connectivity index (χ3n) is 0.692. The fraction of sp³-hybridized carbons (Fsp3) is 0.250. The summed E-state index contributed by atoms with van der Waals surface area (Å²) in [4.78, 5) is 1.14. The molecule has 0 aliphatic heterocycles. The van der Waals surface area contributed by atoms with Crippen LogP contribution in [0.5, 0.6) is 0 Å². The number of hydrogen-bond donors (Lipinski definition) is 1. The van der Waals surface area contributed by atoms with Crippen LogP contribution < -0.4 is 5.73 Å². The van der Waals surface area contributed by atoms with Crippen LogP contribution in [-0.4, -0.2) is 4.37 Å². The largest absolute Gasteiger partial charge is 0.326 e. The molecule has 0 radical (unpaired) electrons. The predicted octanol–water partition coefficient (Wildman–Crippen LogP) is 1.02. The molecule has 2 N–H and O–H groups in total. The predicted molar refractivity (Wildman–Crippen MR) is 37.3 cm³/mol. The molecule has 2 nitrogen and oxygen atoms in total. The van der Waals surface area contributed by atoms with Crippen molar-refractivity contribution in [1.82, 2.24) is 4.37 Å². The first-order chi connectivity index (χ1) is 3.43. The topological polar surface area (TPSA) is 38.9 Å². The summed E-state index contributed by atoms with van der Waals surface area (Å²) >= 11 is 1.45. The minimum atomic E-state index is 0. The van der Waals surface area contributed by atoms with Gasteiger partial charge in [0.1, 0.15) is 0 Å². The van der Waals surface area contributed by atoms with E-state index in [1.165, 1.54) is 11.5 Å². The Morgan fingerprint density at radius 1 is 1.75 bits per heavy atom. The first kappa shape index (κ1) is 7.88. The van der Waals surface area contributed by atoms with Gasteiger partial charge < -0.3 is 5.73 Å². The lowest BCUT2D eigenvalue weighted by Crippen LogP contribution is -1.90. The van der Waals surface area contributed by atoms with Crippen molar-refractivity contribution in [3.8, 4) is 0 Å². The molecular formula is C4H7ClN2S. The van der Waals surface area contributed by atoms with E-state index in [2.05, 4.69) is 4.37 Å². The van der Waals surface area contributed by atoms with Crippen molar-refractivity contribution >= 4 is 23.9 Å². The van der Waals surface area contributed by atoms with Gasteiger partial charge in [0.15, 0.2) is 0 Å². The summed E-state index contributed by atoms with van der Waals surface area (Å²) in [6.45, 7) is 0.616. The van der Waals surface area contributed by atoms with Gasteiger partial charge in [-0.1, -0.05) is 0 Å². The fourth-order valence-corrected chi connectivity index (χ4v) is 0.801. The van der Waals surface area contributed by atoms with Crippen LogP contribution in [0.3, 0.4) is 0 Å². The minimum absolute atomic E-state index is 0. The zero-order chi connectivity index (χ0) is 5.11. The quantitative estimate of drug-likeness (QED) is 0.650. The molecule has 0 bridgehead atoms. The van der Waals surface area contributed by atoms with Crippen LogP contribution >= 0.6 is 23.9 Å². The first-order valence-corrected chi connectivity index (χ1v) is 2.80. The maximum atomic E-state index is 5.26. The van der Waals surface area contributed by atoms with Crippen molar-refractivity contribution in [2.24, 2.45) is 5.73 Å². The molecular weight excluding hydrogens is 144 g/mol. The van der Waals surface area contributed by atoms with Gasteiger partial charge in [-0.25, -0.2) is 4.37 Å². The number of aromatic nitrogens is 1. The van der Waals surface area contributed by atoms with Gasteiger partial charge in [0.05, 0.1) is 0 Å². The van der Waals surface area contributed by atoms with E-state index in [1.54, 1.807) is 6.20 Å². The molecule has 0 aliphatic rings. The monoisotopic (exact) mass is 150 g/mol. The van der Waals surface area contributed by atoms with Crippen LogP contribution in [0.15, 0.2) is 12.3 Å². The molecule has 0 aliphatic carbocycles. The lowest BCUT2D eigenvalue weighted by molar-refractivity contribution is 1.11. The summed E-state index contributed by atoms with van der Waals surface area (Å²) in [5.74, 6) is 0. The van der Waals surface area contributed by atoms with Gasteiger partial charge in [0.25, 0.3) is 0 Å². The van der Waals surface area contributed by atoms with Gasteiger partial charge in [-0.2, -0.15) is 0 Å². The van der Waals surface area contributed by atoms with Crippen molar-refractivity contribution in [2.75, 3.05) is 0 Å². The molecule has 0 aromatic carbocycles. The number of rotatable bonds is 1. The zero-order valence-electron chi connectivity index (χ0n) is 4.20. The molecule has 0 spiro atoms. The first-order valence-electron chi connectivity index (χ1n) is 2.03. The van der Waals surface area contributed by atoms with Gasteiger partial charge >= 0.3 is 0 Å². The second kappa shape index (κ2) is 3.83. The Hall–Kier alpha value is -0.120. The SMILES string of the molecule is Cl.NCc1ccns1. The zero-order valence-corrected chi connectivity index (χ0v) is 5.84. The average Bonchev–Trinajstić information content (AvgIpc) is 2.14. The molecule has 0 amide bonds. The summed E-state index contributed by atoms with van der Waals surface area (Å²) in [5, 5.41) is 0. The van der Waals surface area contributed by atoms with E-state index in [-0.39, 0.29) is 12.4 Å². The molecule has 0 atom stereocenters. The molecule has 0 saturated carbocycles. The Morgan fingerprint density at radius 3 is 2.75 bits per heavy atom. The Kier molecular flexibility index (Phi) is 3.77. The van der Waals surface area contributed by atoms with Crippen molar-refractivity contribution in [3.63, 3.8) is 0 Å². The van der Waals surface area contributed by atoms with Gasteiger partial charge in [0.2, 0.25) is 0 Å². The number of nitrogens with two attached hydrogens (primary N) is 1. The molecule has 1 heterocycles. The third-order valence-corrected chi connectivity index (χ3v) is 1.46. The van der Waals surface area contributed by atoms with Crippen molar-refractivity contribution in [3.05, 3.63) is 17.1 Å². The molecule has 4 heteroatoms. The molecule has 0 unspecified atom stereocenters. The van der Waals surface area contributed by atoms with E-state index < -0.39 is 0 Å². The molecule has 0 fully saturated rings. The van der Waals surface area contributed by atoms with Crippen LogP contribution in [-0.2, 0) is 6.54 Å². The van der Waals surface area contributed by atoms with E-state index >= 15 is 0 Å². The second-order valence-corrected chi connectivity index (χ2v) is 2.10. The van der Waals surface area contributed by atoms with Crippen LogP contribution in [0, 0.1) is 0 Å². The van der Waals surface area contributed by atoms with E-state index in [0.717, 1.165) is 4.88 Å². The maximum Gasteiger partial charge on any atom is 0.0410 e. The molecule has 8 heavy (non-hydrogen) atoms. The molecule has 46 valence electrons. The highest BCUT2D eigenvalue weighted by molar-refractivity contribution is 7.05. The fourth-order valence-electron chi connectivity index (χ4n) is 0.347. The highest BCUT2D eigenvalue weighted by atomic mass is 35.5. The summed E-state index contributed by atoms with van der Waals surface area (Å²) in [6.07, 6.45) is 1.76. The Labute approximate surface area is 58.3 Å². The van der Waals surface area contributed by atoms with Gasteiger partial charge in [-0.05, 0) is 17.6 Å². The van der Waals surface area contributed by atoms with E-state index in [0.29, 0.717) is 6.54 Å². The van der Waals surface area contributed by atoms with Crippen molar-refractivity contribution in [2.45, 2.75) is 6.54 Å². The third kappa shape index (κ3) is 1.78. The highest BCUT2D eigenvalue weighted by Gasteiger charge is 1.84. The van der Waals surface area contributed by atoms with Crippen LogP contribution in [0.4, 0.5) is 0 Å². The van der Waals surface area contributed by atoms with Gasteiger partial charge in [-0.3, -0.25) is 0 Å². The highest BCUT2D eigenvalue weighted by Crippen LogP contribution is 2.00. The number of nitrogens with zero attached hydrogens (tertiary/aromatic N) is 1. The van der Waals surface area contributed by atoms with Gasteiger partial charge in [-0.15, -0.1) is 12.4 Å². The Bertz CT molecular complexity index is 129. The van der Waals surface area contributed by atoms with E-state index in [4.69, 9.17) is 5.73 Å². The van der Waals surface area contributed by atoms with Crippen molar-refractivity contribution < 1.29 is 0 Å². The lowest BCUT2D eigenvalue weighted by atomic mass is 10.5. The van der Waals surface area contributed by atoms with Crippen molar-refractivity contribution in [1.29, 1.82) is 0 Å². The Balaban J connectivity index is 0.000000490. The second-order valence-electron chi connectivity index (χ2n) is 1.18. The standard InChI is InChI=1S/C4H6N2S.ClH/c5-3-4-1-2-6-7-4;/h1-2H,3,5H2;1H. The average molecular weight is 151 g/mol. The van der Waals surface area contributed by atoms with E-state index in [1.807, 2.05) is 6.07 Å². The normalized spacial score (nSPS) is 8.12. The summed E-state index contributed by atoms with van der Waals surface area (Å²) in [6, 6.07) is 1.92. The lowest BCUT2D eigenvalue weighted by Gasteiger charge is -1.77.